The molecule has 0 amide bonds. The average Bonchev–Trinajstić information content (AvgIpc) is 3.02. The lowest BCUT2D eigenvalue weighted by atomic mass is 10.3. The number of hydrogen-bond acceptors (Lipinski definition) is 7. The van der Waals surface area contributed by atoms with E-state index in [2.05, 4.69) is 10.1 Å². The molecule has 0 bridgehead atoms. The minimum Gasteiger partial charge on any atom is -0.494 e. The molecule has 10 nitrogen and oxygen atoms in total. The third-order valence-electron chi connectivity index (χ3n) is 3.76. The van der Waals surface area contributed by atoms with Crippen molar-refractivity contribution in [3.63, 3.8) is 0 Å². The van der Waals surface area contributed by atoms with Gasteiger partial charge >= 0.3 is 5.82 Å². The van der Waals surface area contributed by atoms with Crippen molar-refractivity contribution in [3.8, 4) is 17.2 Å². The molecule has 0 aliphatic rings. The summed E-state index contributed by atoms with van der Waals surface area (Å²) >= 11 is 5.87. The van der Waals surface area contributed by atoms with Crippen molar-refractivity contribution < 1.29 is 19.6 Å². The third kappa shape index (κ3) is 4.32. The maximum atomic E-state index is 11.5. The van der Waals surface area contributed by atoms with E-state index in [1.165, 1.54) is 0 Å². The molecular formula is C18H18ClN5O5. The summed E-state index contributed by atoms with van der Waals surface area (Å²) in [6.45, 7) is 4.42. The monoisotopic (exact) mass is 419 g/mol. The van der Waals surface area contributed by atoms with E-state index in [0.717, 1.165) is 4.80 Å². The highest BCUT2D eigenvalue weighted by atomic mass is 35.5. The zero-order valence-corrected chi connectivity index (χ0v) is 16.4. The normalized spacial score (nSPS) is 11.5. The van der Waals surface area contributed by atoms with Crippen molar-refractivity contribution >= 4 is 23.1 Å². The van der Waals surface area contributed by atoms with Crippen LogP contribution in [0.15, 0.2) is 47.5 Å². The third-order valence-corrected chi connectivity index (χ3v) is 4.01. The molecule has 3 aromatic rings. The van der Waals surface area contributed by atoms with Crippen LogP contribution in [0.5, 0.6) is 11.5 Å². The first kappa shape index (κ1) is 20.2. The van der Waals surface area contributed by atoms with Gasteiger partial charge in [-0.2, -0.15) is 0 Å². The van der Waals surface area contributed by atoms with E-state index >= 15 is 0 Å². The highest BCUT2D eigenvalue weighted by Crippen LogP contribution is 2.31. The predicted molar refractivity (Wildman–Crippen MR) is 104 cm³/mol. The molecule has 0 atom stereocenters. The van der Waals surface area contributed by atoms with Gasteiger partial charge in [0.1, 0.15) is 22.9 Å². The van der Waals surface area contributed by atoms with Crippen LogP contribution in [0.3, 0.4) is 0 Å². The first-order valence-corrected chi connectivity index (χ1v) is 9.08. The van der Waals surface area contributed by atoms with Crippen molar-refractivity contribution in [2.24, 2.45) is 4.99 Å². The van der Waals surface area contributed by atoms with E-state index in [-0.39, 0.29) is 11.2 Å². The Kier molecular flexibility index (Phi) is 6.03. The molecule has 1 N–H and O–H groups in total. The maximum absolute atomic E-state index is 11.5. The maximum Gasteiger partial charge on any atom is 0.438 e. The Labute approximate surface area is 170 Å². The Hall–Kier alpha value is -3.53. The Morgan fingerprint density at radius 1 is 1.17 bits per heavy atom. The summed E-state index contributed by atoms with van der Waals surface area (Å²) < 4.78 is 11.0. The molecule has 0 unspecified atom stereocenters. The van der Waals surface area contributed by atoms with Crippen LogP contribution in [0.4, 0.5) is 11.5 Å². The highest BCUT2D eigenvalue weighted by Gasteiger charge is 2.24. The van der Waals surface area contributed by atoms with E-state index in [4.69, 9.17) is 21.1 Å². The van der Waals surface area contributed by atoms with Crippen LogP contribution in [0.1, 0.15) is 13.8 Å². The molecule has 1 aromatic heterocycles. The van der Waals surface area contributed by atoms with Gasteiger partial charge in [0.25, 0.3) is 5.49 Å². The van der Waals surface area contributed by atoms with Crippen LogP contribution in [0.25, 0.3) is 5.69 Å². The van der Waals surface area contributed by atoms with E-state index < -0.39 is 10.7 Å². The van der Waals surface area contributed by atoms with Gasteiger partial charge in [0, 0.05) is 11.1 Å². The van der Waals surface area contributed by atoms with Crippen molar-refractivity contribution in [1.82, 2.24) is 14.7 Å². The van der Waals surface area contributed by atoms with Crippen LogP contribution >= 0.6 is 11.6 Å². The van der Waals surface area contributed by atoms with Crippen molar-refractivity contribution in [3.05, 3.63) is 63.1 Å². The molecule has 0 saturated heterocycles. The van der Waals surface area contributed by atoms with E-state index in [1.54, 1.807) is 49.4 Å². The van der Waals surface area contributed by atoms with Gasteiger partial charge < -0.3 is 24.8 Å². The topological polar surface area (TPSA) is 117 Å². The first-order chi connectivity index (χ1) is 13.9. The summed E-state index contributed by atoms with van der Waals surface area (Å²) in [5.74, 6) is 0.253. The fourth-order valence-electron chi connectivity index (χ4n) is 2.54. The minimum atomic E-state index is -0.731. The largest absolute Gasteiger partial charge is 0.494 e. The quantitative estimate of drug-likeness (QED) is 0.356. The number of halogens is 1. The molecule has 0 saturated carbocycles. The average molecular weight is 420 g/mol. The summed E-state index contributed by atoms with van der Waals surface area (Å²) in [6.07, 6.45) is 0. The summed E-state index contributed by atoms with van der Waals surface area (Å²) in [4.78, 5) is 16.5. The fraction of sp³-hybridized carbons (Fsp3) is 0.222. The molecule has 0 aliphatic carbocycles. The summed E-state index contributed by atoms with van der Waals surface area (Å²) in [6, 6.07) is 11.2. The lowest BCUT2D eigenvalue weighted by Crippen LogP contribution is -2.22. The number of hydrogen-bond donors (Lipinski definition) is 1. The van der Waals surface area contributed by atoms with Gasteiger partial charge in [0.2, 0.25) is 0 Å². The lowest BCUT2D eigenvalue weighted by molar-refractivity contribution is -0.391. The predicted octanol–water partition coefficient (Wildman–Crippen LogP) is 3.50. The molecule has 29 heavy (non-hydrogen) atoms. The van der Waals surface area contributed by atoms with E-state index in [1.807, 2.05) is 6.92 Å². The van der Waals surface area contributed by atoms with Gasteiger partial charge in [-0.1, -0.05) is 16.4 Å². The van der Waals surface area contributed by atoms with Gasteiger partial charge in [-0.3, -0.25) is 0 Å². The van der Waals surface area contributed by atoms with Crippen LogP contribution in [0.2, 0.25) is 5.02 Å². The van der Waals surface area contributed by atoms with Crippen LogP contribution < -0.4 is 15.0 Å². The SMILES string of the molecule is CCOc1ccc(OCC)c(N=c2c([N+](=O)[O-])nn(-c3ccc(Cl)cc3)n2O)c1. The summed E-state index contributed by atoms with van der Waals surface area (Å²) in [5.41, 5.74) is 0.230. The van der Waals surface area contributed by atoms with Crippen LogP contribution in [-0.4, -0.2) is 38.1 Å². The van der Waals surface area contributed by atoms with Crippen molar-refractivity contribution in [2.75, 3.05) is 13.2 Å². The van der Waals surface area contributed by atoms with E-state index in [9.17, 15) is 15.3 Å². The molecule has 1 heterocycles. The molecule has 0 radical (unpaired) electrons. The van der Waals surface area contributed by atoms with Gasteiger partial charge in [-0.05, 0) is 60.0 Å². The lowest BCUT2D eigenvalue weighted by Gasteiger charge is -2.09. The first-order valence-electron chi connectivity index (χ1n) is 8.70. The molecule has 152 valence electrons. The Morgan fingerprint density at radius 2 is 1.86 bits per heavy atom. The number of ether oxygens (including phenoxy) is 2. The zero-order valence-electron chi connectivity index (χ0n) is 15.6. The molecule has 0 aliphatic heterocycles. The minimum absolute atomic E-state index is 0.249. The van der Waals surface area contributed by atoms with E-state index in [0.29, 0.717) is 40.3 Å². The van der Waals surface area contributed by atoms with Gasteiger partial charge in [0.15, 0.2) is 0 Å². The highest BCUT2D eigenvalue weighted by molar-refractivity contribution is 6.30. The molecule has 0 spiro atoms. The zero-order chi connectivity index (χ0) is 21.0. The number of aromatic nitrogens is 3. The van der Waals surface area contributed by atoms with Crippen molar-refractivity contribution in [2.45, 2.75) is 13.8 Å². The standard InChI is InChI=1S/C18H18ClN5O5/c1-3-28-14-9-10-16(29-4-2)15(11-14)20-17-18(24(26)27)21-22(23(17)25)13-7-5-12(19)6-8-13/h5-11,25H,3-4H2,1-2H3. The summed E-state index contributed by atoms with van der Waals surface area (Å²) in [7, 11) is 0. The fourth-order valence-corrected chi connectivity index (χ4v) is 2.67. The van der Waals surface area contributed by atoms with Gasteiger partial charge in [-0.25, -0.2) is 4.99 Å². The molecular weight excluding hydrogens is 402 g/mol. The molecule has 3 rings (SSSR count). The molecule has 11 heteroatoms. The molecule has 2 aromatic carbocycles. The van der Waals surface area contributed by atoms with Crippen LogP contribution in [-0.2, 0) is 0 Å². The number of benzene rings is 2. The summed E-state index contributed by atoms with van der Waals surface area (Å²) in [5, 5.41) is 26.4. The van der Waals surface area contributed by atoms with Crippen LogP contribution in [0, 0.1) is 10.1 Å². The van der Waals surface area contributed by atoms with Gasteiger partial charge in [0.05, 0.1) is 18.3 Å². The second kappa shape index (κ2) is 8.65. The van der Waals surface area contributed by atoms with Crippen molar-refractivity contribution in [1.29, 1.82) is 0 Å². The Morgan fingerprint density at radius 3 is 2.48 bits per heavy atom. The molecule has 0 fully saturated rings. The smallest absolute Gasteiger partial charge is 0.438 e. The van der Waals surface area contributed by atoms with Gasteiger partial charge in [-0.15, -0.1) is 0 Å². The number of nitro groups is 1. The Bertz CT molecular complexity index is 1090. The number of nitrogens with zero attached hydrogens (tertiary/aromatic N) is 5. The Balaban J connectivity index is 2.22. The second-order valence-corrected chi connectivity index (χ2v) is 6.10. The number of rotatable bonds is 7. The second-order valence-electron chi connectivity index (χ2n) is 5.67.